The van der Waals surface area contributed by atoms with Gasteiger partial charge in [0.25, 0.3) is 0 Å². The standard InChI is InChI=1S/C14H13ClN2O3/c1-19-13-6-10(16)2-3-11(13)14(18)20-8-9-4-5-17-7-12(9)15/h2-7H,8,16H2,1H3. The molecule has 2 aromatic rings. The Balaban J connectivity index is 2.11. The Morgan fingerprint density at radius 2 is 2.20 bits per heavy atom. The molecule has 2 N–H and O–H groups in total. The fourth-order valence-electron chi connectivity index (χ4n) is 1.62. The van der Waals surface area contributed by atoms with Crippen molar-refractivity contribution in [2.75, 3.05) is 12.8 Å². The number of anilines is 1. The molecule has 1 aromatic heterocycles. The highest BCUT2D eigenvalue weighted by Crippen LogP contribution is 2.23. The minimum absolute atomic E-state index is 0.0632. The van der Waals surface area contributed by atoms with Crippen molar-refractivity contribution >= 4 is 23.3 Å². The lowest BCUT2D eigenvalue weighted by Gasteiger charge is -2.10. The SMILES string of the molecule is COc1cc(N)ccc1C(=O)OCc1ccncc1Cl. The zero-order valence-electron chi connectivity index (χ0n) is 10.8. The van der Waals surface area contributed by atoms with E-state index >= 15 is 0 Å². The maximum Gasteiger partial charge on any atom is 0.342 e. The molecule has 0 bridgehead atoms. The summed E-state index contributed by atoms with van der Waals surface area (Å²) in [7, 11) is 1.46. The Hall–Kier alpha value is -2.27. The first-order valence-electron chi connectivity index (χ1n) is 5.81. The lowest BCUT2D eigenvalue weighted by Crippen LogP contribution is -2.08. The second kappa shape index (κ2) is 6.25. The molecular weight excluding hydrogens is 280 g/mol. The number of esters is 1. The summed E-state index contributed by atoms with van der Waals surface area (Å²) >= 11 is 5.94. The van der Waals surface area contributed by atoms with E-state index < -0.39 is 5.97 Å². The van der Waals surface area contributed by atoms with E-state index in [2.05, 4.69) is 4.98 Å². The van der Waals surface area contributed by atoms with Crippen molar-refractivity contribution in [3.63, 3.8) is 0 Å². The van der Waals surface area contributed by atoms with E-state index in [1.807, 2.05) is 0 Å². The number of hydrogen-bond donors (Lipinski definition) is 1. The topological polar surface area (TPSA) is 74.4 Å². The minimum Gasteiger partial charge on any atom is -0.496 e. The van der Waals surface area contributed by atoms with E-state index in [4.69, 9.17) is 26.8 Å². The van der Waals surface area contributed by atoms with Gasteiger partial charge < -0.3 is 15.2 Å². The van der Waals surface area contributed by atoms with Crippen LogP contribution in [0.3, 0.4) is 0 Å². The summed E-state index contributed by atoms with van der Waals surface area (Å²) < 4.78 is 10.3. The summed E-state index contributed by atoms with van der Waals surface area (Å²) in [6, 6.07) is 6.43. The number of carbonyl (C=O) groups is 1. The van der Waals surface area contributed by atoms with Crippen LogP contribution in [-0.4, -0.2) is 18.1 Å². The van der Waals surface area contributed by atoms with Gasteiger partial charge in [-0.1, -0.05) is 11.6 Å². The molecule has 2 rings (SSSR count). The summed E-state index contributed by atoms with van der Waals surface area (Å²) in [5.41, 5.74) is 7.14. The van der Waals surface area contributed by atoms with Gasteiger partial charge >= 0.3 is 5.97 Å². The van der Waals surface area contributed by atoms with Crippen molar-refractivity contribution in [2.24, 2.45) is 0 Å². The largest absolute Gasteiger partial charge is 0.496 e. The number of nitrogens with two attached hydrogens (primary N) is 1. The summed E-state index contributed by atoms with van der Waals surface area (Å²) in [5.74, 6) is -0.134. The third-order valence-electron chi connectivity index (χ3n) is 2.66. The van der Waals surface area contributed by atoms with Gasteiger partial charge in [0, 0.05) is 29.7 Å². The van der Waals surface area contributed by atoms with Crippen LogP contribution in [-0.2, 0) is 11.3 Å². The van der Waals surface area contributed by atoms with Crippen LogP contribution in [0.5, 0.6) is 5.75 Å². The normalized spacial score (nSPS) is 10.1. The number of ether oxygens (including phenoxy) is 2. The Bertz CT molecular complexity index is 632. The number of methoxy groups -OCH3 is 1. The van der Waals surface area contributed by atoms with E-state index in [1.54, 1.807) is 30.5 Å². The van der Waals surface area contributed by atoms with Gasteiger partial charge in [-0.15, -0.1) is 0 Å². The zero-order valence-corrected chi connectivity index (χ0v) is 11.6. The van der Waals surface area contributed by atoms with Crippen LogP contribution in [0, 0.1) is 0 Å². The third-order valence-corrected chi connectivity index (χ3v) is 3.00. The molecule has 1 heterocycles. The highest BCUT2D eigenvalue weighted by Gasteiger charge is 2.14. The van der Waals surface area contributed by atoms with Gasteiger partial charge in [0.05, 0.1) is 12.1 Å². The average molecular weight is 293 g/mol. The van der Waals surface area contributed by atoms with Crippen molar-refractivity contribution in [2.45, 2.75) is 6.61 Å². The molecule has 5 nitrogen and oxygen atoms in total. The number of hydrogen-bond acceptors (Lipinski definition) is 5. The molecule has 0 radical (unpaired) electrons. The van der Waals surface area contributed by atoms with E-state index in [0.717, 1.165) is 0 Å². The summed E-state index contributed by atoms with van der Waals surface area (Å²) in [5, 5.41) is 0.449. The molecule has 0 saturated carbocycles. The summed E-state index contributed by atoms with van der Waals surface area (Å²) in [6.07, 6.45) is 3.08. The van der Waals surface area contributed by atoms with Crippen LogP contribution in [0.4, 0.5) is 5.69 Å². The molecule has 0 unspecified atom stereocenters. The van der Waals surface area contributed by atoms with Gasteiger partial charge in [-0.25, -0.2) is 4.79 Å². The Morgan fingerprint density at radius 3 is 2.90 bits per heavy atom. The average Bonchev–Trinajstić information content (AvgIpc) is 2.46. The van der Waals surface area contributed by atoms with Crippen LogP contribution in [0.25, 0.3) is 0 Å². The number of nitrogen functional groups attached to an aromatic ring is 1. The molecule has 0 aliphatic carbocycles. The molecule has 104 valence electrons. The second-order valence-electron chi connectivity index (χ2n) is 4.00. The first kappa shape index (κ1) is 14.1. The van der Waals surface area contributed by atoms with Crippen LogP contribution in [0.2, 0.25) is 5.02 Å². The van der Waals surface area contributed by atoms with Crippen molar-refractivity contribution in [3.8, 4) is 5.75 Å². The molecular formula is C14H13ClN2O3. The van der Waals surface area contributed by atoms with Crippen molar-refractivity contribution in [1.29, 1.82) is 0 Å². The predicted octanol–water partition coefficient (Wildman–Crippen LogP) is 2.68. The first-order chi connectivity index (χ1) is 9.61. The van der Waals surface area contributed by atoms with Crippen LogP contribution >= 0.6 is 11.6 Å². The number of nitrogens with zero attached hydrogens (tertiary/aromatic N) is 1. The number of pyridine rings is 1. The van der Waals surface area contributed by atoms with Gasteiger partial charge in [0.2, 0.25) is 0 Å². The highest BCUT2D eigenvalue weighted by molar-refractivity contribution is 6.31. The number of rotatable bonds is 4. The second-order valence-corrected chi connectivity index (χ2v) is 4.41. The maximum absolute atomic E-state index is 12.0. The lowest BCUT2D eigenvalue weighted by atomic mass is 10.2. The Labute approximate surface area is 121 Å². The van der Waals surface area contributed by atoms with Gasteiger partial charge in [0.15, 0.2) is 0 Å². The van der Waals surface area contributed by atoms with Gasteiger partial charge in [0.1, 0.15) is 17.9 Å². The number of aromatic nitrogens is 1. The van der Waals surface area contributed by atoms with Gasteiger partial charge in [-0.2, -0.15) is 0 Å². The molecule has 0 aliphatic rings. The molecule has 0 amide bonds. The monoisotopic (exact) mass is 292 g/mol. The molecule has 1 aromatic carbocycles. The summed E-state index contributed by atoms with van der Waals surface area (Å²) in [4.78, 5) is 15.9. The maximum atomic E-state index is 12.0. The first-order valence-corrected chi connectivity index (χ1v) is 6.18. The lowest BCUT2D eigenvalue weighted by molar-refractivity contribution is 0.0469. The smallest absolute Gasteiger partial charge is 0.342 e. The van der Waals surface area contributed by atoms with E-state index in [0.29, 0.717) is 27.6 Å². The molecule has 6 heteroatoms. The molecule has 20 heavy (non-hydrogen) atoms. The Morgan fingerprint density at radius 1 is 1.40 bits per heavy atom. The molecule has 0 fully saturated rings. The van der Waals surface area contributed by atoms with E-state index in [1.165, 1.54) is 13.3 Å². The molecule has 0 atom stereocenters. The van der Waals surface area contributed by atoms with Crippen LogP contribution < -0.4 is 10.5 Å². The summed E-state index contributed by atoms with van der Waals surface area (Å²) in [6.45, 7) is 0.0632. The molecule has 0 spiro atoms. The minimum atomic E-state index is -0.505. The van der Waals surface area contributed by atoms with E-state index in [9.17, 15) is 4.79 Å². The van der Waals surface area contributed by atoms with Crippen molar-refractivity contribution in [3.05, 3.63) is 52.8 Å². The molecule has 0 aliphatic heterocycles. The van der Waals surface area contributed by atoms with E-state index in [-0.39, 0.29) is 6.61 Å². The zero-order chi connectivity index (χ0) is 14.5. The highest BCUT2D eigenvalue weighted by atomic mass is 35.5. The van der Waals surface area contributed by atoms with Crippen LogP contribution in [0.1, 0.15) is 15.9 Å². The number of carbonyl (C=O) groups excluding carboxylic acids is 1. The van der Waals surface area contributed by atoms with Gasteiger partial charge in [-0.3, -0.25) is 4.98 Å². The number of halogens is 1. The third kappa shape index (κ3) is 3.19. The Kier molecular flexibility index (Phi) is 4.42. The van der Waals surface area contributed by atoms with Crippen LogP contribution in [0.15, 0.2) is 36.7 Å². The fraction of sp³-hybridized carbons (Fsp3) is 0.143. The molecule has 0 saturated heterocycles. The van der Waals surface area contributed by atoms with Crippen molar-refractivity contribution < 1.29 is 14.3 Å². The fourth-order valence-corrected chi connectivity index (χ4v) is 1.79. The van der Waals surface area contributed by atoms with Gasteiger partial charge in [-0.05, 0) is 18.2 Å². The van der Waals surface area contributed by atoms with Crippen molar-refractivity contribution in [1.82, 2.24) is 4.98 Å². The quantitative estimate of drug-likeness (QED) is 0.693. The predicted molar refractivity (Wildman–Crippen MR) is 75.8 cm³/mol. The number of benzene rings is 1.